The van der Waals surface area contributed by atoms with Crippen LogP contribution in [0.15, 0.2) is 0 Å². The zero-order valence-corrected chi connectivity index (χ0v) is 7.52. The average molecular weight is 154 g/mol. The van der Waals surface area contributed by atoms with E-state index in [4.69, 9.17) is 0 Å². The molecule has 1 radical (unpaired) electrons. The van der Waals surface area contributed by atoms with E-state index in [-0.39, 0.29) is 0 Å². The lowest BCUT2D eigenvalue weighted by Gasteiger charge is -2.18. The van der Waals surface area contributed by atoms with Gasteiger partial charge in [0.1, 0.15) is 0 Å². The smallest absolute Gasteiger partial charge is 0.00187 e. The van der Waals surface area contributed by atoms with Gasteiger partial charge in [-0.05, 0) is 38.9 Å². The van der Waals surface area contributed by atoms with Crippen LogP contribution in [0.4, 0.5) is 0 Å². The van der Waals surface area contributed by atoms with Gasteiger partial charge in [0.15, 0.2) is 0 Å². The molecular formula is C10H20N. The summed E-state index contributed by atoms with van der Waals surface area (Å²) in [4.78, 5) is 2.60. The summed E-state index contributed by atoms with van der Waals surface area (Å²) in [5, 5.41) is 0. The van der Waals surface area contributed by atoms with Gasteiger partial charge in [-0.15, -0.1) is 0 Å². The third-order valence-electron chi connectivity index (χ3n) is 2.42. The molecule has 0 amide bonds. The van der Waals surface area contributed by atoms with Gasteiger partial charge >= 0.3 is 0 Å². The van der Waals surface area contributed by atoms with E-state index in [0.717, 1.165) is 6.42 Å². The Balaban J connectivity index is 2.09. The molecule has 0 unspecified atom stereocenters. The minimum absolute atomic E-state index is 1.09. The Morgan fingerprint density at radius 3 is 2.18 bits per heavy atom. The van der Waals surface area contributed by atoms with Crippen molar-refractivity contribution in [3.63, 3.8) is 0 Å². The highest BCUT2D eigenvalue weighted by Gasteiger charge is 2.06. The quantitative estimate of drug-likeness (QED) is 0.603. The SMILES string of the molecule is [CH2]CCCN1CCCCCC1. The van der Waals surface area contributed by atoms with Gasteiger partial charge < -0.3 is 4.90 Å². The molecular weight excluding hydrogens is 134 g/mol. The summed E-state index contributed by atoms with van der Waals surface area (Å²) in [6.45, 7) is 7.81. The Morgan fingerprint density at radius 1 is 1.00 bits per heavy atom. The molecule has 65 valence electrons. The first-order valence-corrected chi connectivity index (χ1v) is 4.95. The number of likely N-dealkylation sites (tertiary alicyclic amines) is 1. The fourth-order valence-electron chi connectivity index (χ4n) is 1.70. The zero-order chi connectivity index (χ0) is 7.94. The number of nitrogens with zero attached hydrogens (tertiary/aromatic N) is 1. The molecule has 1 saturated heterocycles. The first-order valence-electron chi connectivity index (χ1n) is 4.95. The van der Waals surface area contributed by atoms with Gasteiger partial charge in [0.25, 0.3) is 0 Å². The van der Waals surface area contributed by atoms with E-state index in [1.54, 1.807) is 0 Å². The minimum atomic E-state index is 1.09. The standard InChI is InChI=1S/C10H20N/c1-2-3-8-11-9-6-4-5-7-10-11/h1-10H2. The van der Waals surface area contributed by atoms with Gasteiger partial charge in [0.05, 0.1) is 0 Å². The summed E-state index contributed by atoms with van der Waals surface area (Å²) < 4.78 is 0. The third-order valence-corrected chi connectivity index (χ3v) is 2.42. The molecule has 1 aliphatic rings. The molecule has 1 fully saturated rings. The second-order valence-corrected chi connectivity index (χ2v) is 3.46. The molecule has 1 nitrogen and oxygen atoms in total. The molecule has 11 heavy (non-hydrogen) atoms. The summed E-state index contributed by atoms with van der Waals surface area (Å²) in [6.07, 6.45) is 8.09. The van der Waals surface area contributed by atoms with Crippen molar-refractivity contribution in [3.05, 3.63) is 6.92 Å². The number of hydrogen-bond donors (Lipinski definition) is 0. The van der Waals surface area contributed by atoms with Crippen LogP contribution in [-0.4, -0.2) is 24.5 Å². The summed E-state index contributed by atoms with van der Waals surface area (Å²) in [5.41, 5.74) is 0. The molecule has 0 aromatic rings. The van der Waals surface area contributed by atoms with Crippen LogP contribution in [0, 0.1) is 6.92 Å². The minimum Gasteiger partial charge on any atom is -0.303 e. The number of hydrogen-bond acceptors (Lipinski definition) is 1. The van der Waals surface area contributed by atoms with Crippen LogP contribution in [0.25, 0.3) is 0 Å². The summed E-state index contributed by atoms with van der Waals surface area (Å²) in [5.74, 6) is 0. The molecule has 1 heterocycles. The lowest BCUT2D eigenvalue weighted by molar-refractivity contribution is 0.282. The van der Waals surface area contributed by atoms with E-state index in [2.05, 4.69) is 11.8 Å². The van der Waals surface area contributed by atoms with Crippen LogP contribution >= 0.6 is 0 Å². The average Bonchev–Trinajstić information content (AvgIpc) is 2.28. The van der Waals surface area contributed by atoms with E-state index < -0.39 is 0 Å². The molecule has 0 aliphatic carbocycles. The topological polar surface area (TPSA) is 3.24 Å². The molecule has 0 aromatic heterocycles. The van der Waals surface area contributed by atoms with Crippen LogP contribution in [-0.2, 0) is 0 Å². The molecule has 0 atom stereocenters. The van der Waals surface area contributed by atoms with E-state index in [9.17, 15) is 0 Å². The van der Waals surface area contributed by atoms with Gasteiger partial charge in [-0.1, -0.05) is 26.2 Å². The van der Waals surface area contributed by atoms with E-state index in [1.165, 1.54) is 51.7 Å². The molecule has 0 spiro atoms. The second kappa shape index (κ2) is 5.59. The van der Waals surface area contributed by atoms with Crippen molar-refractivity contribution in [3.8, 4) is 0 Å². The van der Waals surface area contributed by atoms with Gasteiger partial charge in [0.2, 0.25) is 0 Å². The molecule has 1 heteroatoms. The van der Waals surface area contributed by atoms with Crippen molar-refractivity contribution in [1.29, 1.82) is 0 Å². The first kappa shape index (κ1) is 9.05. The van der Waals surface area contributed by atoms with Crippen molar-refractivity contribution in [2.75, 3.05) is 19.6 Å². The van der Waals surface area contributed by atoms with Gasteiger partial charge in [-0.3, -0.25) is 0 Å². The first-order chi connectivity index (χ1) is 5.43. The molecule has 1 aliphatic heterocycles. The van der Waals surface area contributed by atoms with Crippen molar-refractivity contribution in [2.24, 2.45) is 0 Å². The van der Waals surface area contributed by atoms with E-state index >= 15 is 0 Å². The highest BCUT2D eigenvalue weighted by molar-refractivity contribution is 4.63. The van der Waals surface area contributed by atoms with Crippen molar-refractivity contribution >= 4 is 0 Å². The Bertz CT molecular complexity index is 82.9. The maximum atomic E-state index is 3.87. The van der Waals surface area contributed by atoms with Crippen molar-refractivity contribution in [2.45, 2.75) is 38.5 Å². The van der Waals surface area contributed by atoms with Crippen molar-refractivity contribution in [1.82, 2.24) is 4.90 Å². The second-order valence-electron chi connectivity index (χ2n) is 3.46. The normalized spacial score (nSPS) is 21.5. The molecule has 0 aromatic carbocycles. The monoisotopic (exact) mass is 154 g/mol. The lowest BCUT2D eigenvalue weighted by atomic mass is 10.2. The summed E-state index contributed by atoms with van der Waals surface area (Å²) in [7, 11) is 0. The Labute approximate surface area is 70.8 Å². The third kappa shape index (κ3) is 3.76. The van der Waals surface area contributed by atoms with Crippen LogP contribution in [0.3, 0.4) is 0 Å². The Kier molecular flexibility index (Phi) is 4.60. The fraction of sp³-hybridized carbons (Fsp3) is 0.900. The van der Waals surface area contributed by atoms with Gasteiger partial charge in [-0.25, -0.2) is 0 Å². The number of unbranched alkanes of at least 4 members (excludes halogenated alkanes) is 1. The van der Waals surface area contributed by atoms with Crippen LogP contribution in [0.5, 0.6) is 0 Å². The Morgan fingerprint density at radius 2 is 1.64 bits per heavy atom. The van der Waals surface area contributed by atoms with Crippen molar-refractivity contribution < 1.29 is 0 Å². The van der Waals surface area contributed by atoms with Gasteiger partial charge in [-0.2, -0.15) is 0 Å². The highest BCUT2D eigenvalue weighted by Crippen LogP contribution is 2.09. The predicted octanol–water partition coefficient (Wildman–Crippen LogP) is 2.48. The maximum Gasteiger partial charge on any atom is -0.00187 e. The summed E-state index contributed by atoms with van der Waals surface area (Å²) in [6, 6.07) is 0. The predicted molar refractivity (Wildman–Crippen MR) is 49.5 cm³/mol. The lowest BCUT2D eigenvalue weighted by Crippen LogP contribution is -2.25. The largest absolute Gasteiger partial charge is 0.303 e. The van der Waals surface area contributed by atoms with E-state index in [0.29, 0.717) is 0 Å². The Hall–Kier alpha value is -0.0400. The molecule has 0 saturated carbocycles. The van der Waals surface area contributed by atoms with Crippen LogP contribution in [0.2, 0.25) is 0 Å². The van der Waals surface area contributed by atoms with E-state index in [1.807, 2.05) is 0 Å². The van der Waals surface area contributed by atoms with Crippen LogP contribution < -0.4 is 0 Å². The van der Waals surface area contributed by atoms with Gasteiger partial charge in [0, 0.05) is 0 Å². The maximum absolute atomic E-state index is 3.87. The zero-order valence-electron chi connectivity index (χ0n) is 7.52. The molecule has 0 bridgehead atoms. The summed E-state index contributed by atoms with van der Waals surface area (Å²) >= 11 is 0. The van der Waals surface area contributed by atoms with Crippen LogP contribution in [0.1, 0.15) is 38.5 Å². The molecule has 0 N–H and O–H groups in total. The molecule has 1 rings (SSSR count). The highest BCUT2D eigenvalue weighted by atomic mass is 15.1. The number of rotatable bonds is 3. The fourth-order valence-corrected chi connectivity index (χ4v) is 1.70.